The topological polar surface area (TPSA) is 42.2 Å². The number of hydrogen-bond acceptors (Lipinski definition) is 4. The van der Waals surface area contributed by atoms with Crippen molar-refractivity contribution in [2.75, 3.05) is 24.7 Å². The summed E-state index contributed by atoms with van der Waals surface area (Å²) in [5, 5.41) is 1.78. The van der Waals surface area contributed by atoms with Gasteiger partial charge in [0.15, 0.2) is 0 Å². The minimum Gasteiger partial charge on any atom is -0.389 e. The molecule has 0 aliphatic heterocycles. The molecule has 2 N–H and O–H groups in total. The Hall–Kier alpha value is -1.55. The fraction of sp³-hybridized carbons (Fsp3) is 0.250. The van der Waals surface area contributed by atoms with Crippen LogP contribution >= 0.6 is 11.3 Å². The van der Waals surface area contributed by atoms with E-state index in [0.29, 0.717) is 0 Å². The summed E-state index contributed by atoms with van der Waals surface area (Å²) in [4.78, 5) is 6.51. The SMILES string of the molecule is Cc1nc(-c2ccc(N(C)C)cc2)sc1N. The molecule has 0 aliphatic rings. The molecular formula is C12H15N3S. The van der Waals surface area contributed by atoms with Crippen LogP contribution < -0.4 is 10.6 Å². The normalized spacial score (nSPS) is 10.4. The molecule has 0 fully saturated rings. The minimum atomic E-state index is 0.798. The van der Waals surface area contributed by atoms with Gasteiger partial charge in [0.25, 0.3) is 0 Å². The number of aromatic nitrogens is 1. The summed E-state index contributed by atoms with van der Waals surface area (Å²) in [6.07, 6.45) is 0. The van der Waals surface area contributed by atoms with E-state index < -0.39 is 0 Å². The van der Waals surface area contributed by atoms with Crippen LogP contribution in [0.25, 0.3) is 10.6 Å². The molecule has 0 bridgehead atoms. The number of rotatable bonds is 2. The van der Waals surface area contributed by atoms with Crippen molar-refractivity contribution >= 4 is 22.0 Å². The summed E-state index contributed by atoms with van der Waals surface area (Å²) in [7, 11) is 4.06. The van der Waals surface area contributed by atoms with Gasteiger partial charge in [0.1, 0.15) is 10.0 Å². The molecule has 0 unspecified atom stereocenters. The first kappa shape index (κ1) is 11.0. The molecule has 16 heavy (non-hydrogen) atoms. The molecule has 0 radical (unpaired) electrons. The van der Waals surface area contributed by atoms with Gasteiger partial charge in [0.2, 0.25) is 0 Å². The molecule has 0 saturated heterocycles. The van der Waals surface area contributed by atoms with Crippen LogP contribution in [0.5, 0.6) is 0 Å². The average Bonchev–Trinajstić information content (AvgIpc) is 2.59. The zero-order valence-corrected chi connectivity index (χ0v) is 10.5. The van der Waals surface area contributed by atoms with Gasteiger partial charge in [-0.1, -0.05) is 11.3 Å². The van der Waals surface area contributed by atoms with Crippen LogP contribution in [0.15, 0.2) is 24.3 Å². The van der Waals surface area contributed by atoms with Gasteiger partial charge in [-0.2, -0.15) is 0 Å². The molecular weight excluding hydrogens is 218 g/mol. The largest absolute Gasteiger partial charge is 0.389 e. The predicted octanol–water partition coefficient (Wildman–Crippen LogP) is 2.77. The highest BCUT2D eigenvalue weighted by molar-refractivity contribution is 7.18. The number of anilines is 2. The molecule has 0 aliphatic carbocycles. The molecule has 0 amide bonds. The Morgan fingerprint density at radius 1 is 1.19 bits per heavy atom. The first-order valence-electron chi connectivity index (χ1n) is 5.08. The Bertz CT molecular complexity index is 466. The number of nitrogens with two attached hydrogens (primary N) is 1. The van der Waals surface area contributed by atoms with Gasteiger partial charge in [-0.3, -0.25) is 0 Å². The third kappa shape index (κ3) is 2.02. The van der Waals surface area contributed by atoms with Crippen molar-refractivity contribution in [3.63, 3.8) is 0 Å². The highest BCUT2D eigenvalue weighted by atomic mass is 32.1. The van der Waals surface area contributed by atoms with E-state index in [4.69, 9.17) is 5.73 Å². The van der Waals surface area contributed by atoms with E-state index in [1.54, 1.807) is 0 Å². The van der Waals surface area contributed by atoms with Crippen molar-refractivity contribution in [2.24, 2.45) is 0 Å². The Morgan fingerprint density at radius 2 is 1.81 bits per heavy atom. The lowest BCUT2D eigenvalue weighted by molar-refractivity contribution is 1.13. The Kier molecular flexibility index (Phi) is 2.83. The molecule has 1 heterocycles. The van der Waals surface area contributed by atoms with E-state index >= 15 is 0 Å². The van der Waals surface area contributed by atoms with Crippen molar-refractivity contribution in [3.8, 4) is 10.6 Å². The third-order valence-corrected chi connectivity index (χ3v) is 3.50. The van der Waals surface area contributed by atoms with Gasteiger partial charge in [-0.05, 0) is 31.2 Å². The smallest absolute Gasteiger partial charge is 0.125 e. The van der Waals surface area contributed by atoms with E-state index in [1.165, 1.54) is 17.0 Å². The summed E-state index contributed by atoms with van der Waals surface area (Å²) in [6, 6.07) is 8.32. The first-order valence-corrected chi connectivity index (χ1v) is 5.90. The quantitative estimate of drug-likeness (QED) is 0.867. The van der Waals surface area contributed by atoms with Crippen molar-refractivity contribution in [1.29, 1.82) is 0 Å². The van der Waals surface area contributed by atoms with Gasteiger partial charge in [0.05, 0.1) is 5.69 Å². The Labute approximate surface area is 99.5 Å². The van der Waals surface area contributed by atoms with Crippen LogP contribution in [0.3, 0.4) is 0 Å². The maximum Gasteiger partial charge on any atom is 0.125 e. The number of nitrogens with zero attached hydrogens (tertiary/aromatic N) is 2. The highest BCUT2D eigenvalue weighted by Crippen LogP contribution is 2.30. The zero-order chi connectivity index (χ0) is 11.7. The number of nitrogen functional groups attached to an aromatic ring is 1. The summed E-state index contributed by atoms with van der Waals surface area (Å²) >= 11 is 1.53. The van der Waals surface area contributed by atoms with E-state index in [-0.39, 0.29) is 0 Å². The lowest BCUT2D eigenvalue weighted by Gasteiger charge is -2.11. The zero-order valence-electron chi connectivity index (χ0n) is 9.69. The fourth-order valence-electron chi connectivity index (χ4n) is 1.43. The molecule has 4 heteroatoms. The molecule has 84 valence electrons. The summed E-state index contributed by atoms with van der Waals surface area (Å²) in [5.41, 5.74) is 9.02. The van der Waals surface area contributed by atoms with E-state index in [0.717, 1.165) is 21.3 Å². The van der Waals surface area contributed by atoms with Crippen LogP contribution in [0.4, 0.5) is 10.7 Å². The van der Waals surface area contributed by atoms with Gasteiger partial charge in [-0.15, -0.1) is 0 Å². The first-order chi connectivity index (χ1) is 7.58. The second-order valence-corrected chi connectivity index (χ2v) is 4.94. The second-order valence-electron chi connectivity index (χ2n) is 3.91. The second kappa shape index (κ2) is 4.14. The van der Waals surface area contributed by atoms with Crippen molar-refractivity contribution in [3.05, 3.63) is 30.0 Å². The molecule has 2 rings (SSSR count). The van der Waals surface area contributed by atoms with E-state index in [1.807, 2.05) is 21.0 Å². The fourth-order valence-corrected chi connectivity index (χ4v) is 2.27. The summed E-state index contributed by atoms with van der Waals surface area (Å²) in [6.45, 7) is 1.93. The molecule has 1 aromatic heterocycles. The summed E-state index contributed by atoms with van der Waals surface area (Å²) in [5.74, 6) is 0. The molecule has 0 saturated carbocycles. The molecule has 3 nitrogen and oxygen atoms in total. The number of benzene rings is 1. The number of hydrogen-bond donors (Lipinski definition) is 1. The average molecular weight is 233 g/mol. The van der Waals surface area contributed by atoms with Crippen LogP contribution in [0.1, 0.15) is 5.69 Å². The standard InChI is InChI=1S/C12H15N3S/c1-8-11(13)16-12(14-8)9-4-6-10(7-5-9)15(2)3/h4-7H,13H2,1-3H3. The molecule has 1 aromatic carbocycles. The third-order valence-electron chi connectivity index (χ3n) is 2.46. The maximum absolute atomic E-state index is 5.80. The van der Waals surface area contributed by atoms with E-state index in [9.17, 15) is 0 Å². The van der Waals surface area contributed by atoms with Crippen molar-refractivity contribution < 1.29 is 0 Å². The van der Waals surface area contributed by atoms with Crippen LogP contribution in [-0.4, -0.2) is 19.1 Å². The minimum absolute atomic E-state index is 0.798. The number of thiazole rings is 1. The molecule has 0 atom stereocenters. The molecule has 0 spiro atoms. The monoisotopic (exact) mass is 233 g/mol. The lowest BCUT2D eigenvalue weighted by Crippen LogP contribution is -2.07. The van der Waals surface area contributed by atoms with Gasteiger partial charge in [0, 0.05) is 25.3 Å². The van der Waals surface area contributed by atoms with Gasteiger partial charge < -0.3 is 10.6 Å². The van der Waals surface area contributed by atoms with Crippen molar-refractivity contribution in [1.82, 2.24) is 4.98 Å². The van der Waals surface area contributed by atoms with Crippen LogP contribution in [-0.2, 0) is 0 Å². The van der Waals surface area contributed by atoms with Crippen LogP contribution in [0.2, 0.25) is 0 Å². The van der Waals surface area contributed by atoms with E-state index in [2.05, 4.69) is 34.1 Å². The van der Waals surface area contributed by atoms with Crippen molar-refractivity contribution in [2.45, 2.75) is 6.92 Å². The Morgan fingerprint density at radius 3 is 2.25 bits per heavy atom. The lowest BCUT2D eigenvalue weighted by atomic mass is 10.2. The predicted molar refractivity (Wildman–Crippen MR) is 71.0 cm³/mol. The van der Waals surface area contributed by atoms with Gasteiger partial charge in [-0.25, -0.2) is 4.98 Å². The Balaban J connectivity index is 2.34. The number of aryl methyl sites for hydroxylation is 1. The summed E-state index contributed by atoms with van der Waals surface area (Å²) < 4.78 is 0. The van der Waals surface area contributed by atoms with Crippen LogP contribution in [0, 0.1) is 6.92 Å². The van der Waals surface area contributed by atoms with Gasteiger partial charge >= 0.3 is 0 Å². The maximum atomic E-state index is 5.80. The molecule has 2 aromatic rings. The highest BCUT2D eigenvalue weighted by Gasteiger charge is 2.06.